The Bertz CT molecular complexity index is 1270. The zero-order valence-corrected chi connectivity index (χ0v) is 19.9. The first-order valence-corrected chi connectivity index (χ1v) is 11.8. The topological polar surface area (TPSA) is 98.5 Å². The van der Waals surface area contributed by atoms with E-state index in [1.54, 1.807) is 26.0 Å². The fourth-order valence-corrected chi connectivity index (χ4v) is 4.53. The summed E-state index contributed by atoms with van der Waals surface area (Å²) in [5.74, 6) is -0.246. The van der Waals surface area contributed by atoms with E-state index in [1.165, 1.54) is 6.07 Å². The Morgan fingerprint density at radius 1 is 1.25 bits per heavy atom. The molecule has 1 atom stereocenters. The number of rotatable bonds is 6. The average molecular weight is 505 g/mol. The van der Waals surface area contributed by atoms with E-state index in [4.69, 9.17) is 9.47 Å². The van der Waals surface area contributed by atoms with Crippen LogP contribution in [0.5, 0.6) is 5.75 Å². The molecule has 2 aromatic heterocycles. The zero-order valence-electron chi connectivity index (χ0n) is 19.9. The number of alkyl halides is 3. The molecule has 1 aromatic carbocycles. The number of fused-ring (bicyclic) bond motifs is 1. The molecule has 0 radical (unpaired) electrons. The van der Waals surface area contributed by atoms with E-state index in [0.29, 0.717) is 36.6 Å². The second-order valence-corrected chi connectivity index (χ2v) is 9.96. The molecule has 36 heavy (non-hydrogen) atoms. The van der Waals surface area contributed by atoms with Gasteiger partial charge in [-0.2, -0.15) is 18.3 Å². The molecule has 2 fully saturated rings. The Kier molecular flexibility index (Phi) is 6.16. The van der Waals surface area contributed by atoms with E-state index in [9.17, 15) is 23.1 Å². The van der Waals surface area contributed by atoms with Crippen LogP contribution >= 0.6 is 0 Å². The van der Waals surface area contributed by atoms with Gasteiger partial charge in [0, 0.05) is 24.1 Å². The van der Waals surface area contributed by atoms with Crippen LogP contribution in [0.15, 0.2) is 36.5 Å². The van der Waals surface area contributed by atoms with Gasteiger partial charge >= 0.3 is 6.18 Å². The number of hydrogen-bond donors (Lipinski definition) is 2. The number of ether oxygens (including phenoxy) is 2. The highest BCUT2D eigenvalue weighted by molar-refractivity contribution is 6.05. The fourth-order valence-electron chi connectivity index (χ4n) is 4.53. The lowest BCUT2D eigenvalue weighted by Gasteiger charge is -2.42. The molecule has 3 heterocycles. The zero-order chi connectivity index (χ0) is 25.7. The second kappa shape index (κ2) is 9.04. The molecule has 0 spiro atoms. The van der Waals surface area contributed by atoms with Gasteiger partial charge < -0.3 is 19.9 Å². The van der Waals surface area contributed by atoms with Gasteiger partial charge in [-0.05, 0) is 50.8 Å². The largest absolute Gasteiger partial charge is 0.486 e. The van der Waals surface area contributed by atoms with Crippen LogP contribution in [0.2, 0.25) is 0 Å². The van der Waals surface area contributed by atoms with Crippen molar-refractivity contribution in [1.29, 1.82) is 0 Å². The number of pyridine rings is 1. The number of hydrogen-bond acceptors (Lipinski definition) is 6. The third-order valence-electron chi connectivity index (χ3n) is 6.81. The molecule has 0 bridgehead atoms. The monoisotopic (exact) mass is 504 g/mol. The first kappa shape index (κ1) is 24.5. The molecule has 5 rings (SSSR count). The van der Waals surface area contributed by atoms with Crippen molar-refractivity contribution in [2.75, 3.05) is 18.5 Å². The summed E-state index contributed by atoms with van der Waals surface area (Å²) in [6, 6.07) is 6.74. The van der Waals surface area contributed by atoms with E-state index in [0.717, 1.165) is 30.4 Å². The summed E-state index contributed by atoms with van der Waals surface area (Å²) in [5.41, 5.74) is -1.28. The van der Waals surface area contributed by atoms with Gasteiger partial charge in [0.15, 0.2) is 0 Å². The van der Waals surface area contributed by atoms with Crippen molar-refractivity contribution in [2.45, 2.75) is 57.0 Å². The Hall–Kier alpha value is -3.18. The number of amides is 1. The third kappa shape index (κ3) is 5.03. The van der Waals surface area contributed by atoms with Gasteiger partial charge in [0.1, 0.15) is 23.2 Å². The van der Waals surface area contributed by atoms with Gasteiger partial charge in [-0.3, -0.25) is 9.48 Å². The maximum absolute atomic E-state index is 13.1. The quantitative estimate of drug-likeness (QED) is 0.510. The SMILES string of the molecule is CC(C)(O)C1CC(n2cc3cc(NC(=O)c4cccc(C(F)(F)F)n4)c(OC4CCOC4)cc3n2)C1. The van der Waals surface area contributed by atoms with Gasteiger partial charge in [0.2, 0.25) is 0 Å². The number of nitrogens with one attached hydrogen (secondary N) is 1. The number of aliphatic hydroxyl groups is 1. The summed E-state index contributed by atoms with van der Waals surface area (Å²) in [7, 11) is 0. The van der Waals surface area contributed by atoms with Gasteiger partial charge in [-0.1, -0.05) is 6.07 Å². The van der Waals surface area contributed by atoms with Crippen LogP contribution in [0.25, 0.3) is 10.9 Å². The maximum atomic E-state index is 13.1. The van der Waals surface area contributed by atoms with Crippen LogP contribution in [0.1, 0.15) is 55.3 Å². The molecule has 2 N–H and O–H groups in total. The number of carbonyl (C=O) groups is 1. The number of anilines is 1. The van der Waals surface area contributed by atoms with Gasteiger partial charge in [0.05, 0.1) is 36.1 Å². The van der Waals surface area contributed by atoms with E-state index in [1.807, 2.05) is 10.9 Å². The first-order chi connectivity index (χ1) is 17.0. The maximum Gasteiger partial charge on any atom is 0.433 e. The van der Waals surface area contributed by atoms with Crippen molar-refractivity contribution in [1.82, 2.24) is 14.8 Å². The number of nitrogens with zero attached hydrogens (tertiary/aromatic N) is 3. The first-order valence-electron chi connectivity index (χ1n) is 11.8. The number of carbonyl (C=O) groups excluding carboxylic acids is 1. The molecular weight excluding hydrogens is 477 g/mol. The highest BCUT2D eigenvalue weighted by Crippen LogP contribution is 2.44. The Morgan fingerprint density at radius 3 is 2.69 bits per heavy atom. The van der Waals surface area contributed by atoms with Crippen molar-refractivity contribution in [3.05, 3.63) is 47.9 Å². The molecule has 192 valence electrons. The summed E-state index contributed by atoms with van der Waals surface area (Å²) in [6.07, 6.45) is -0.745. The standard InChI is InChI=1S/C25H27F3N4O4/c1-24(2,34)15-9-16(10-15)32-12-14-8-20(21(11-19(14)31-32)36-17-6-7-35-13-17)30-23(33)18-4-3-5-22(29-18)25(26,27)28/h3-5,8,11-12,15-17,34H,6-7,9-10,13H2,1-2H3,(H,30,33). The van der Waals surface area contributed by atoms with Crippen LogP contribution in [0.4, 0.5) is 18.9 Å². The highest BCUT2D eigenvalue weighted by atomic mass is 19.4. The van der Waals surface area contributed by atoms with E-state index in [2.05, 4.69) is 15.4 Å². The van der Waals surface area contributed by atoms with Crippen molar-refractivity contribution in [3.8, 4) is 5.75 Å². The average Bonchev–Trinajstić information content (AvgIpc) is 3.41. The van der Waals surface area contributed by atoms with Crippen LogP contribution in [-0.2, 0) is 10.9 Å². The van der Waals surface area contributed by atoms with Crippen LogP contribution < -0.4 is 10.1 Å². The normalized spacial score (nSPS) is 22.4. The van der Waals surface area contributed by atoms with Crippen LogP contribution in [0, 0.1) is 5.92 Å². The lowest BCUT2D eigenvalue weighted by molar-refractivity contribution is -0.141. The predicted molar refractivity (Wildman–Crippen MR) is 125 cm³/mol. The lowest BCUT2D eigenvalue weighted by Crippen LogP contribution is -2.41. The van der Waals surface area contributed by atoms with E-state index < -0.39 is 23.4 Å². The smallest absolute Gasteiger partial charge is 0.433 e. The third-order valence-corrected chi connectivity index (χ3v) is 6.81. The van der Waals surface area contributed by atoms with Crippen LogP contribution in [-0.4, -0.2) is 50.7 Å². The minimum atomic E-state index is -4.66. The molecule has 1 saturated carbocycles. The molecule has 8 nitrogen and oxygen atoms in total. The van der Waals surface area contributed by atoms with Crippen molar-refractivity contribution in [2.24, 2.45) is 5.92 Å². The fraction of sp³-hybridized carbons (Fsp3) is 0.480. The lowest BCUT2D eigenvalue weighted by atomic mass is 9.71. The Labute approximate surface area is 205 Å². The van der Waals surface area contributed by atoms with Crippen molar-refractivity contribution < 1.29 is 32.5 Å². The summed E-state index contributed by atoms with van der Waals surface area (Å²) in [6.45, 7) is 4.56. The molecule has 2 aliphatic rings. The van der Waals surface area contributed by atoms with Crippen molar-refractivity contribution >= 4 is 22.5 Å². The molecule has 3 aromatic rings. The summed E-state index contributed by atoms with van der Waals surface area (Å²) >= 11 is 0. The summed E-state index contributed by atoms with van der Waals surface area (Å²) in [5, 5.41) is 18.3. The van der Waals surface area contributed by atoms with Crippen LogP contribution in [0.3, 0.4) is 0 Å². The molecule has 11 heteroatoms. The van der Waals surface area contributed by atoms with E-state index >= 15 is 0 Å². The summed E-state index contributed by atoms with van der Waals surface area (Å²) in [4.78, 5) is 16.3. The van der Waals surface area contributed by atoms with Crippen molar-refractivity contribution in [3.63, 3.8) is 0 Å². The number of benzene rings is 1. The Morgan fingerprint density at radius 2 is 2.03 bits per heavy atom. The molecular formula is C25H27F3N4O4. The number of aromatic nitrogens is 3. The minimum Gasteiger partial charge on any atom is -0.486 e. The Balaban J connectivity index is 1.43. The molecule has 1 unspecified atom stereocenters. The predicted octanol–water partition coefficient (Wildman–Crippen LogP) is 4.59. The van der Waals surface area contributed by atoms with Gasteiger partial charge in [-0.25, -0.2) is 4.98 Å². The molecule has 1 saturated heterocycles. The minimum absolute atomic E-state index is 0.147. The highest BCUT2D eigenvalue weighted by Gasteiger charge is 2.40. The van der Waals surface area contributed by atoms with Gasteiger partial charge in [-0.15, -0.1) is 0 Å². The van der Waals surface area contributed by atoms with E-state index in [-0.39, 0.29) is 23.8 Å². The molecule has 1 amide bonds. The summed E-state index contributed by atoms with van der Waals surface area (Å²) < 4.78 is 52.5. The molecule has 1 aliphatic carbocycles. The van der Waals surface area contributed by atoms with Gasteiger partial charge in [0.25, 0.3) is 5.91 Å². The number of halogens is 3. The second-order valence-electron chi connectivity index (χ2n) is 9.96. The molecule has 1 aliphatic heterocycles.